The van der Waals surface area contributed by atoms with Crippen molar-refractivity contribution in [3.05, 3.63) is 101 Å². The molecule has 3 aromatic carbocycles. The van der Waals surface area contributed by atoms with Gasteiger partial charge in [-0.3, -0.25) is 9.59 Å². The number of hydrogen-bond acceptors (Lipinski definition) is 3. The van der Waals surface area contributed by atoms with Crippen molar-refractivity contribution in [2.75, 3.05) is 7.11 Å². The molecule has 2 N–H and O–H groups in total. The van der Waals surface area contributed by atoms with Crippen LogP contribution in [0.15, 0.2) is 79.0 Å². The van der Waals surface area contributed by atoms with Crippen molar-refractivity contribution in [2.24, 2.45) is 0 Å². The first kappa shape index (κ1) is 18.4. The molecule has 2 aromatic heterocycles. The zero-order chi connectivity index (χ0) is 21.8. The Balaban J connectivity index is 1.69. The van der Waals surface area contributed by atoms with Crippen LogP contribution in [0.25, 0.3) is 33.3 Å². The monoisotopic (exact) mass is 418 g/mol. The Kier molecular flexibility index (Phi) is 3.92. The summed E-state index contributed by atoms with van der Waals surface area (Å²) in [6, 6.07) is 22.5. The second-order valence-electron chi connectivity index (χ2n) is 7.81. The lowest BCUT2D eigenvalue weighted by molar-refractivity contribution is 0.0977. The number of para-hydroxylation sites is 1. The fraction of sp³-hybridized carbons (Fsp3) is 0.0370. The largest absolute Gasteiger partial charge is 0.497 e. The summed E-state index contributed by atoms with van der Waals surface area (Å²) < 4.78 is 5.30. The van der Waals surface area contributed by atoms with Crippen LogP contribution in [0.4, 0.5) is 0 Å². The van der Waals surface area contributed by atoms with Crippen LogP contribution in [0.5, 0.6) is 5.75 Å². The number of carbonyl (C=O) groups is 2. The van der Waals surface area contributed by atoms with E-state index < -0.39 is 0 Å². The zero-order valence-corrected chi connectivity index (χ0v) is 17.2. The van der Waals surface area contributed by atoms with E-state index >= 15 is 0 Å². The highest BCUT2D eigenvalue weighted by atomic mass is 16.5. The minimum Gasteiger partial charge on any atom is -0.497 e. The topological polar surface area (TPSA) is 75.0 Å². The Morgan fingerprint density at radius 2 is 1.38 bits per heavy atom. The number of ketones is 2. The molecule has 154 valence electrons. The number of hydrogen-bond donors (Lipinski definition) is 2. The average molecular weight is 418 g/mol. The second-order valence-corrected chi connectivity index (χ2v) is 7.81. The van der Waals surface area contributed by atoms with E-state index in [1.165, 1.54) is 0 Å². The SMILES string of the molecule is COc1ccc(-c2[nH]c3c(c2-c2c[nH]c4ccccc24)C(=O)c2ccccc2C3=O)cc1. The molecule has 0 fully saturated rings. The summed E-state index contributed by atoms with van der Waals surface area (Å²) in [4.78, 5) is 33.6. The number of aromatic nitrogens is 2. The predicted molar refractivity (Wildman–Crippen MR) is 123 cm³/mol. The summed E-state index contributed by atoms with van der Waals surface area (Å²) in [7, 11) is 1.62. The molecule has 0 saturated heterocycles. The first-order valence-corrected chi connectivity index (χ1v) is 10.3. The van der Waals surface area contributed by atoms with Gasteiger partial charge in [0.2, 0.25) is 5.78 Å². The molecular formula is C27H18N2O3. The van der Waals surface area contributed by atoms with Crippen LogP contribution in [0.2, 0.25) is 0 Å². The highest BCUT2D eigenvalue weighted by Gasteiger charge is 2.36. The minimum absolute atomic E-state index is 0.147. The van der Waals surface area contributed by atoms with Crippen LogP contribution in [0.1, 0.15) is 32.0 Å². The van der Waals surface area contributed by atoms with E-state index in [-0.39, 0.29) is 11.6 Å². The maximum absolute atomic E-state index is 13.6. The standard InChI is InChI=1S/C27H18N2O3/c1-32-16-12-10-15(11-13-16)24-22(20-14-28-21-9-5-4-6-17(20)21)23-25(29-24)27(31)19-8-3-2-7-18(19)26(23)30/h2-14,28-29H,1H3. The molecule has 0 spiro atoms. The number of aromatic amines is 2. The van der Waals surface area contributed by atoms with Crippen LogP contribution >= 0.6 is 0 Å². The average Bonchev–Trinajstić information content (AvgIpc) is 3.44. The Morgan fingerprint density at radius 1 is 0.688 bits per heavy atom. The number of carbonyl (C=O) groups excluding carboxylic acids is 2. The maximum Gasteiger partial charge on any atom is 0.210 e. The van der Waals surface area contributed by atoms with Crippen LogP contribution in [0, 0.1) is 0 Å². The number of nitrogens with one attached hydrogen (secondary N) is 2. The lowest BCUT2D eigenvalue weighted by Crippen LogP contribution is -2.20. The van der Waals surface area contributed by atoms with E-state index in [2.05, 4.69) is 9.97 Å². The Bertz CT molecular complexity index is 1540. The van der Waals surface area contributed by atoms with Crippen LogP contribution in [-0.2, 0) is 0 Å². The number of rotatable bonds is 3. The number of methoxy groups -OCH3 is 1. The van der Waals surface area contributed by atoms with E-state index in [0.717, 1.165) is 39.0 Å². The van der Waals surface area contributed by atoms with E-state index in [1.54, 1.807) is 31.4 Å². The lowest BCUT2D eigenvalue weighted by atomic mass is 9.84. The molecule has 0 radical (unpaired) electrons. The third kappa shape index (κ3) is 2.51. The summed E-state index contributed by atoms with van der Waals surface area (Å²) in [5, 5.41) is 0.989. The molecule has 0 aliphatic heterocycles. The van der Waals surface area contributed by atoms with E-state index in [9.17, 15) is 9.59 Å². The van der Waals surface area contributed by atoms with Gasteiger partial charge in [-0.1, -0.05) is 42.5 Å². The van der Waals surface area contributed by atoms with Crippen molar-refractivity contribution in [1.29, 1.82) is 0 Å². The predicted octanol–water partition coefficient (Wildman–Crippen LogP) is 5.61. The minimum atomic E-state index is -0.170. The van der Waals surface area contributed by atoms with Gasteiger partial charge >= 0.3 is 0 Å². The Morgan fingerprint density at radius 3 is 2.12 bits per heavy atom. The van der Waals surface area contributed by atoms with Crippen molar-refractivity contribution in [2.45, 2.75) is 0 Å². The van der Waals surface area contributed by atoms with E-state index in [4.69, 9.17) is 4.74 Å². The second kappa shape index (κ2) is 6.82. The van der Waals surface area contributed by atoms with Gasteiger partial charge in [-0.05, 0) is 35.9 Å². The highest BCUT2D eigenvalue weighted by Crippen LogP contribution is 2.43. The van der Waals surface area contributed by atoms with Gasteiger partial charge in [0.05, 0.1) is 24.1 Å². The molecule has 0 amide bonds. The summed E-state index contributed by atoms with van der Waals surface area (Å²) in [5.41, 5.74) is 5.79. The third-order valence-electron chi connectivity index (χ3n) is 6.11. The van der Waals surface area contributed by atoms with Crippen molar-refractivity contribution < 1.29 is 14.3 Å². The van der Waals surface area contributed by atoms with Gasteiger partial charge in [0.15, 0.2) is 5.78 Å². The summed E-state index contributed by atoms with van der Waals surface area (Å²) >= 11 is 0. The summed E-state index contributed by atoms with van der Waals surface area (Å²) in [6.45, 7) is 0. The quantitative estimate of drug-likeness (QED) is 0.392. The van der Waals surface area contributed by atoms with Gasteiger partial charge in [-0.2, -0.15) is 0 Å². The number of H-pyrrole nitrogens is 2. The summed E-state index contributed by atoms with van der Waals surface area (Å²) in [6.07, 6.45) is 1.90. The first-order valence-electron chi connectivity index (χ1n) is 10.3. The Hall–Kier alpha value is -4.38. The van der Waals surface area contributed by atoms with Crippen molar-refractivity contribution >= 4 is 22.5 Å². The molecule has 2 heterocycles. The molecule has 5 aromatic rings. The van der Waals surface area contributed by atoms with Gasteiger partial charge in [-0.15, -0.1) is 0 Å². The smallest absolute Gasteiger partial charge is 0.210 e. The van der Waals surface area contributed by atoms with Gasteiger partial charge < -0.3 is 14.7 Å². The van der Waals surface area contributed by atoms with Gasteiger partial charge in [-0.25, -0.2) is 0 Å². The molecule has 32 heavy (non-hydrogen) atoms. The third-order valence-corrected chi connectivity index (χ3v) is 6.11. The van der Waals surface area contributed by atoms with Crippen molar-refractivity contribution in [3.8, 4) is 28.1 Å². The Labute approximate surface area is 183 Å². The van der Waals surface area contributed by atoms with Gasteiger partial charge in [0.1, 0.15) is 5.75 Å². The summed E-state index contributed by atoms with van der Waals surface area (Å²) in [5.74, 6) is 0.417. The number of fused-ring (bicyclic) bond motifs is 3. The molecule has 5 heteroatoms. The van der Waals surface area contributed by atoms with Crippen molar-refractivity contribution in [3.63, 3.8) is 0 Å². The fourth-order valence-corrected chi connectivity index (χ4v) is 4.57. The molecule has 0 saturated carbocycles. The molecule has 0 unspecified atom stereocenters. The molecule has 1 aliphatic carbocycles. The molecule has 6 rings (SSSR count). The maximum atomic E-state index is 13.6. The molecular weight excluding hydrogens is 400 g/mol. The van der Waals surface area contributed by atoms with E-state index in [1.807, 2.05) is 54.7 Å². The first-order chi connectivity index (χ1) is 15.7. The zero-order valence-electron chi connectivity index (χ0n) is 17.2. The number of benzene rings is 3. The number of ether oxygens (including phenoxy) is 1. The van der Waals surface area contributed by atoms with Crippen LogP contribution in [0.3, 0.4) is 0 Å². The molecule has 0 atom stereocenters. The van der Waals surface area contributed by atoms with Crippen molar-refractivity contribution in [1.82, 2.24) is 9.97 Å². The van der Waals surface area contributed by atoms with Gasteiger partial charge in [0, 0.05) is 39.4 Å². The lowest BCUT2D eigenvalue weighted by Gasteiger charge is -2.15. The van der Waals surface area contributed by atoms with Crippen LogP contribution in [-0.4, -0.2) is 28.6 Å². The van der Waals surface area contributed by atoms with Gasteiger partial charge in [0.25, 0.3) is 0 Å². The fourth-order valence-electron chi connectivity index (χ4n) is 4.57. The van der Waals surface area contributed by atoms with Crippen LogP contribution < -0.4 is 4.74 Å². The molecule has 1 aliphatic rings. The highest BCUT2D eigenvalue weighted by molar-refractivity contribution is 6.31. The normalized spacial score (nSPS) is 12.7. The molecule has 0 bridgehead atoms. The molecule has 5 nitrogen and oxygen atoms in total. The van der Waals surface area contributed by atoms with E-state index in [0.29, 0.717) is 22.4 Å².